The second-order valence-electron chi connectivity index (χ2n) is 5.05. The summed E-state index contributed by atoms with van der Waals surface area (Å²) in [6.07, 6.45) is 9.78. The van der Waals surface area contributed by atoms with E-state index in [1.165, 1.54) is 60.8 Å². The van der Waals surface area contributed by atoms with Crippen molar-refractivity contribution in [1.29, 1.82) is 5.26 Å². The molecule has 1 aromatic carbocycles. The van der Waals surface area contributed by atoms with E-state index < -0.39 is 0 Å². The predicted molar refractivity (Wildman–Crippen MR) is 64.4 cm³/mol. The molecular weight excluding hydrogens is 194 g/mol. The molecule has 2 aliphatic carbocycles. The Hall–Kier alpha value is -1.29. The molecule has 0 bridgehead atoms. The van der Waals surface area contributed by atoms with Crippen molar-refractivity contribution in [3.63, 3.8) is 0 Å². The summed E-state index contributed by atoms with van der Waals surface area (Å²) in [4.78, 5) is 0. The Bertz CT molecular complexity index is 431. The fraction of sp³-hybridized carbons (Fsp3) is 0.533. The fourth-order valence-corrected chi connectivity index (χ4v) is 3.27. The minimum absolute atomic E-state index is 1.05. The first-order chi connectivity index (χ1) is 7.90. The second kappa shape index (κ2) is 3.94. The van der Waals surface area contributed by atoms with Crippen LogP contribution in [-0.2, 0) is 25.7 Å². The molecule has 2 aliphatic rings. The molecule has 0 saturated carbocycles. The summed E-state index contributed by atoms with van der Waals surface area (Å²) in [6.45, 7) is 0. The fourth-order valence-electron chi connectivity index (χ4n) is 3.27. The van der Waals surface area contributed by atoms with E-state index >= 15 is 0 Å². The van der Waals surface area contributed by atoms with Crippen LogP contribution in [-0.4, -0.2) is 0 Å². The molecule has 0 aliphatic heterocycles. The van der Waals surface area contributed by atoms with Crippen LogP contribution in [0.5, 0.6) is 0 Å². The molecule has 1 nitrogen and oxygen atoms in total. The molecular formula is C15H17N. The zero-order chi connectivity index (χ0) is 11.0. The molecule has 0 radical (unpaired) electrons. The topological polar surface area (TPSA) is 23.8 Å². The summed E-state index contributed by atoms with van der Waals surface area (Å²) < 4.78 is 0. The standard InChI is InChI=1S/C15H17N/c16-10-15-13-7-3-1-5-11(13)9-12-6-2-4-8-14(12)15/h9H,1-8H2. The summed E-state index contributed by atoms with van der Waals surface area (Å²) >= 11 is 0. The first kappa shape index (κ1) is 9.90. The molecule has 0 heterocycles. The highest BCUT2D eigenvalue weighted by molar-refractivity contribution is 5.54. The third-order valence-electron chi connectivity index (χ3n) is 4.08. The Morgan fingerprint density at radius 2 is 1.31 bits per heavy atom. The molecule has 0 atom stereocenters. The van der Waals surface area contributed by atoms with E-state index in [0.717, 1.165) is 18.4 Å². The van der Waals surface area contributed by atoms with Gasteiger partial charge in [0.05, 0.1) is 11.6 Å². The molecule has 1 heteroatoms. The highest BCUT2D eigenvalue weighted by atomic mass is 14.3. The zero-order valence-corrected chi connectivity index (χ0v) is 9.68. The monoisotopic (exact) mass is 211 g/mol. The molecule has 0 amide bonds. The van der Waals surface area contributed by atoms with E-state index in [0.29, 0.717) is 0 Å². The van der Waals surface area contributed by atoms with Gasteiger partial charge in [0.25, 0.3) is 0 Å². The predicted octanol–water partition coefficient (Wildman–Crippen LogP) is 3.32. The van der Waals surface area contributed by atoms with Crippen molar-refractivity contribution in [2.75, 3.05) is 0 Å². The number of rotatable bonds is 0. The Labute approximate surface area is 97.1 Å². The van der Waals surface area contributed by atoms with E-state index in [9.17, 15) is 5.26 Å². The third kappa shape index (κ3) is 1.45. The van der Waals surface area contributed by atoms with Gasteiger partial charge in [0.2, 0.25) is 0 Å². The van der Waals surface area contributed by atoms with Crippen LogP contribution < -0.4 is 0 Å². The Morgan fingerprint density at radius 3 is 1.81 bits per heavy atom. The molecule has 0 aromatic heterocycles. The van der Waals surface area contributed by atoms with Gasteiger partial charge in [-0.25, -0.2) is 0 Å². The van der Waals surface area contributed by atoms with Crippen molar-refractivity contribution >= 4 is 0 Å². The van der Waals surface area contributed by atoms with E-state index in [2.05, 4.69) is 12.1 Å². The van der Waals surface area contributed by atoms with Gasteiger partial charge < -0.3 is 0 Å². The lowest BCUT2D eigenvalue weighted by Gasteiger charge is -2.24. The summed E-state index contributed by atoms with van der Waals surface area (Å²) in [5.74, 6) is 0. The molecule has 0 spiro atoms. The van der Waals surface area contributed by atoms with Gasteiger partial charge in [-0.3, -0.25) is 0 Å². The number of hydrogen-bond donors (Lipinski definition) is 0. The van der Waals surface area contributed by atoms with Crippen molar-refractivity contribution in [2.45, 2.75) is 51.4 Å². The van der Waals surface area contributed by atoms with Crippen molar-refractivity contribution in [1.82, 2.24) is 0 Å². The average molecular weight is 211 g/mol. The maximum absolute atomic E-state index is 9.40. The molecule has 3 rings (SSSR count). The van der Waals surface area contributed by atoms with Gasteiger partial charge in [-0.1, -0.05) is 6.07 Å². The highest BCUT2D eigenvalue weighted by Crippen LogP contribution is 2.33. The van der Waals surface area contributed by atoms with Gasteiger partial charge >= 0.3 is 0 Å². The summed E-state index contributed by atoms with van der Waals surface area (Å²) in [5, 5.41) is 9.40. The van der Waals surface area contributed by atoms with Gasteiger partial charge in [-0.2, -0.15) is 5.26 Å². The number of aryl methyl sites for hydroxylation is 2. The van der Waals surface area contributed by atoms with Crippen LogP contribution in [0, 0.1) is 11.3 Å². The first-order valence-electron chi connectivity index (χ1n) is 6.47. The Balaban J connectivity index is 2.21. The van der Waals surface area contributed by atoms with E-state index in [1.807, 2.05) is 0 Å². The highest BCUT2D eigenvalue weighted by Gasteiger charge is 2.21. The molecule has 82 valence electrons. The van der Waals surface area contributed by atoms with Gasteiger partial charge in [0.1, 0.15) is 0 Å². The number of fused-ring (bicyclic) bond motifs is 2. The van der Waals surface area contributed by atoms with Crippen LogP contribution >= 0.6 is 0 Å². The Kier molecular flexibility index (Phi) is 2.44. The van der Waals surface area contributed by atoms with Crippen LogP contribution in [0.4, 0.5) is 0 Å². The van der Waals surface area contributed by atoms with Crippen molar-refractivity contribution in [3.05, 3.63) is 33.9 Å². The minimum atomic E-state index is 1.05. The van der Waals surface area contributed by atoms with E-state index in [-0.39, 0.29) is 0 Å². The Morgan fingerprint density at radius 1 is 0.812 bits per heavy atom. The van der Waals surface area contributed by atoms with Crippen LogP contribution in [0.1, 0.15) is 53.5 Å². The van der Waals surface area contributed by atoms with Gasteiger partial charge in [0, 0.05) is 0 Å². The van der Waals surface area contributed by atoms with Gasteiger partial charge in [-0.15, -0.1) is 0 Å². The normalized spacial score (nSPS) is 18.4. The molecule has 1 aromatic rings. The average Bonchev–Trinajstić information content (AvgIpc) is 2.36. The van der Waals surface area contributed by atoms with Gasteiger partial charge in [-0.05, 0) is 73.6 Å². The molecule has 0 saturated heterocycles. The van der Waals surface area contributed by atoms with E-state index in [4.69, 9.17) is 0 Å². The van der Waals surface area contributed by atoms with E-state index in [1.54, 1.807) is 0 Å². The number of benzene rings is 1. The first-order valence-corrected chi connectivity index (χ1v) is 6.47. The maximum atomic E-state index is 9.40. The molecule has 0 N–H and O–H groups in total. The SMILES string of the molecule is N#Cc1c2c(cc3c1CCCC3)CCCC2. The molecule has 16 heavy (non-hydrogen) atoms. The van der Waals surface area contributed by atoms with Crippen molar-refractivity contribution in [3.8, 4) is 6.07 Å². The number of nitriles is 1. The number of nitrogens with zero attached hydrogens (tertiary/aromatic N) is 1. The second-order valence-corrected chi connectivity index (χ2v) is 5.05. The lowest BCUT2D eigenvalue weighted by molar-refractivity contribution is 0.655. The molecule has 0 unspecified atom stereocenters. The number of hydrogen-bond acceptors (Lipinski definition) is 1. The van der Waals surface area contributed by atoms with Gasteiger partial charge in [0.15, 0.2) is 0 Å². The van der Waals surface area contributed by atoms with Crippen LogP contribution in [0.15, 0.2) is 6.07 Å². The molecule has 0 fully saturated rings. The largest absolute Gasteiger partial charge is 0.192 e. The van der Waals surface area contributed by atoms with Crippen LogP contribution in [0.2, 0.25) is 0 Å². The summed E-state index contributed by atoms with van der Waals surface area (Å²) in [7, 11) is 0. The summed E-state index contributed by atoms with van der Waals surface area (Å²) in [6, 6.07) is 4.89. The summed E-state index contributed by atoms with van der Waals surface area (Å²) in [5.41, 5.74) is 6.77. The lowest BCUT2D eigenvalue weighted by atomic mass is 9.79. The quantitative estimate of drug-likeness (QED) is 0.646. The van der Waals surface area contributed by atoms with Crippen LogP contribution in [0.25, 0.3) is 0 Å². The van der Waals surface area contributed by atoms with Crippen molar-refractivity contribution < 1.29 is 0 Å². The minimum Gasteiger partial charge on any atom is -0.192 e. The van der Waals surface area contributed by atoms with Crippen molar-refractivity contribution in [2.24, 2.45) is 0 Å². The zero-order valence-electron chi connectivity index (χ0n) is 9.68. The lowest BCUT2D eigenvalue weighted by Crippen LogP contribution is -2.13. The maximum Gasteiger partial charge on any atom is 0.0997 e. The third-order valence-corrected chi connectivity index (χ3v) is 4.08. The smallest absolute Gasteiger partial charge is 0.0997 e. The van der Waals surface area contributed by atoms with Crippen LogP contribution in [0.3, 0.4) is 0 Å².